The fourth-order valence-electron chi connectivity index (χ4n) is 7.30. The highest BCUT2D eigenvalue weighted by atomic mass is 16.5. The number of Topliss-reactive ketones (excluding diaryl/α,β-unsaturated/α-hetero) is 2. The van der Waals surface area contributed by atoms with Crippen LogP contribution in [0.25, 0.3) is 0 Å². The fourth-order valence-corrected chi connectivity index (χ4v) is 7.30. The number of ketones is 2. The molecule has 2 aliphatic carbocycles. The number of rotatable bonds is 9. The van der Waals surface area contributed by atoms with Crippen LogP contribution >= 0.6 is 0 Å². The highest BCUT2D eigenvalue weighted by Gasteiger charge is 2.48. The second-order valence-corrected chi connectivity index (χ2v) is 14.6. The minimum absolute atomic E-state index is 0.113. The Balaban J connectivity index is 1.28. The first-order valence-corrected chi connectivity index (χ1v) is 16.3. The van der Waals surface area contributed by atoms with Crippen molar-refractivity contribution in [3.8, 4) is 23.0 Å². The summed E-state index contributed by atoms with van der Waals surface area (Å²) >= 11 is 0. The van der Waals surface area contributed by atoms with Gasteiger partial charge < -0.3 is 23.8 Å². The SMILES string of the molecule is COc1cc(COc2ccc(C3C4=C(CC(C)(C)CC4=O)N(C)C4=C3C(=O)CC(C)(C)C4)cc2OC)ccc1OCc1ccccc1. The molecule has 0 saturated carbocycles. The van der Waals surface area contributed by atoms with Gasteiger partial charge in [0.2, 0.25) is 0 Å². The molecule has 7 heteroatoms. The molecule has 246 valence electrons. The summed E-state index contributed by atoms with van der Waals surface area (Å²) in [4.78, 5) is 29.9. The molecule has 6 rings (SSSR count). The molecule has 0 spiro atoms. The average Bonchev–Trinajstić information content (AvgIpc) is 3.03. The van der Waals surface area contributed by atoms with E-state index >= 15 is 0 Å². The summed E-state index contributed by atoms with van der Waals surface area (Å²) in [6, 6.07) is 21.5. The number of hydrogen-bond donors (Lipinski definition) is 0. The zero-order valence-corrected chi connectivity index (χ0v) is 28.6. The van der Waals surface area contributed by atoms with E-state index in [0.717, 1.165) is 52.1 Å². The van der Waals surface area contributed by atoms with E-state index < -0.39 is 5.92 Å². The van der Waals surface area contributed by atoms with Gasteiger partial charge in [0, 0.05) is 48.3 Å². The summed E-state index contributed by atoms with van der Waals surface area (Å²) in [6.07, 6.45) is 2.47. The van der Waals surface area contributed by atoms with E-state index in [2.05, 4.69) is 32.6 Å². The number of carbonyl (C=O) groups excluding carboxylic acids is 2. The van der Waals surface area contributed by atoms with Gasteiger partial charge in [0.15, 0.2) is 34.6 Å². The number of nitrogens with zero attached hydrogens (tertiary/aromatic N) is 1. The lowest BCUT2D eigenvalue weighted by Crippen LogP contribution is -2.43. The largest absolute Gasteiger partial charge is 0.493 e. The van der Waals surface area contributed by atoms with E-state index in [1.807, 2.05) is 73.8 Å². The Morgan fingerprint density at radius 2 is 1.15 bits per heavy atom. The molecule has 0 unspecified atom stereocenters. The highest BCUT2D eigenvalue weighted by molar-refractivity contribution is 6.06. The maximum Gasteiger partial charge on any atom is 0.162 e. The lowest BCUT2D eigenvalue weighted by atomic mass is 9.64. The topological polar surface area (TPSA) is 74.3 Å². The van der Waals surface area contributed by atoms with Crippen LogP contribution < -0.4 is 18.9 Å². The molecule has 0 bridgehead atoms. The summed E-state index contributed by atoms with van der Waals surface area (Å²) in [5.74, 6) is 2.20. The van der Waals surface area contributed by atoms with Crippen LogP contribution in [0.2, 0.25) is 0 Å². The lowest BCUT2D eigenvalue weighted by Gasteiger charge is -2.47. The summed E-state index contributed by atoms with van der Waals surface area (Å²) in [5, 5.41) is 0. The Bertz CT molecular complexity index is 1710. The zero-order chi connectivity index (χ0) is 33.5. The maximum absolute atomic E-state index is 13.9. The third-order valence-electron chi connectivity index (χ3n) is 9.56. The van der Waals surface area contributed by atoms with Gasteiger partial charge in [-0.2, -0.15) is 0 Å². The van der Waals surface area contributed by atoms with Gasteiger partial charge in [0.25, 0.3) is 0 Å². The first kappa shape index (κ1) is 32.4. The van der Waals surface area contributed by atoms with Gasteiger partial charge in [-0.15, -0.1) is 0 Å². The molecule has 7 nitrogen and oxygen atoms in total. The monoisotopic (exact) mass is 635 g/mol. The predicted octanol–water partition coefficient (Wildman–Crippen LogP) is 8.18. The normalized spacial score (nSPS) is 18.9. The van der Waals surface area contributed by atoms with Gasteiger partial charge in [0.1, 0.15) is 13.2 Å². The molecule has 3 aromatic rings. The second kappa shape index (κ2) is 12.6. The van der Waals surface area contributed by atoms with Crippen LogP contribution in [0.15, 0.2) is 89.3 Å². The predicted molar refractivity (Wildman–Crippen MR) is 182 cm³/mol. The number of allylic oxidation sites excluding steroid dienone is 4. The highest BCUT2D eigenvalue weighted by Crippen LogP contribution is 2.54. The third-order valence-corrected chi connectivity index (χ3v) is 9.56. The zero-order valence-electron chi connectivity index (χ0n) is 28.6. The van der Waals surface area contributed by atoms with E-state index in [9.17, 15) is 9.59 Å². The number of ether oxygens (including phenoxy) is 4. The van der Waals surface area contributed by atoms with Crippen molar-refractivity contribution in [2.45, 2.75) is 72.5 Å². The average molecular weight is 636 g/mol. The number of hydrogen-bond acceptors (Lipinski definition) is 7. The summed E-state index contributed by atoms with van der Waals surface area (Å²) < 4.78 is 23.7. The van der Waals surface area contributed by atoms with Gasteiger partial charge in [-0.05, 0) is 64.6 Å². The van der Waals surface area contributed by atoms with E-state index in [-0.39, 0.29) is 29.0 Å². The molecule has 3 aliphatic rings. The summed E-state index contributed by atoms with van der Waals surface area (Å²) in [5.41, 5.74) is 6.11. The molecular formula is C40H45NO6. The van der Waals surface area contributed by atoms with Crippen LogP contribution in [0.3, 0.4) is 0 Å². The van der Waals surface area contributed by atoms with Crippen molar-refractivity contribution in [3.63, 3.8) is 0 Å². The van der Waals surface area contributed by atoms with E-state index in [1.54, 1.807) is 14.2 Å². The molecule has 0 amide bonds. The Morgan fingerprint density at radius 3 is 1.70 bits per heavy atom. The van der Waals surface area contributed by atoms with Crippen molar-refractivity contribution >= 4 is 11.6 Å². The van der Waals surface area contributed by atoms with Crippen LogP contribution in [-0.2, 0) is 22.8 Å². The van der Waals surface area contributed by atoms with E-state index in [4.69, 9.17) is 18.9 Å². The van der Waals surface area contributed by atoms with Gasteiger partial charge in [0.05, 0.1) is 14.2 Å². The lowest BCUT2D eigenvalue weighted by molar-refractivity contribution is -0.119. The molecule has 0 radical (unpaired) electrons. The fraction of sp³-hybridized carbons (Fsp3) is 0.400. The molecule has 0 atom stereocenters. The Morgan fingerprint density at radius 1 is 0.638 bits per heavy atom. The first-order valence-electron chi connectivity index (χ1n) is 16.3. The van der Waals surface area contributed by atoms with Gasteiger partial charge in [-0.1, -0.05) is 70.2 Å². The Hall–Kier alpha value is -4.52. The number of benzene rings is 3. The molecule has 0 saturated heterocycles. The smallest absolute Gasteiger partial charge is 0.162 e. The Kier molecular flexibility index (Phi) is 8.68. The van der Waals surface area contributed by atoms with Crippen molar-refractivity contribution in [2.75, 3.05) is 21.3 Å². The summed E-state index contributed by atoms with van der Waals surface area (Å²) in [6.45, 7) is 9.31. The van der Waals surface area contributed by atoms with E-state index in [0.29, 0.717) is 42.4 Å². The van der Waals surface area contributed by atoms with E-state index in [1.165, 1.54) is 0 Å². The second-order valence-electron chi connectivity index (χ2n) is 14.6. The molecule has 0 aromatic heterocycles. The van der Waals surface area contributed by atoms with Crippen molar-refractivity contribution < 1.29 is 28.5 Å². The van der Waals surface area contributed by atoms with Crippen LogP contribution in [0.1, 0.15) is 76.0 Å². The van der Waals surface area contributed by atoms with Crippen LogP contribution in [-0.4, -0.2) is 37.7 Å². The molecule has 3 aromatic carbocycles. The van der Waals surface area contributed by atoms with Crippen molar-refractivity contribution in [1.82, 2.24) is 4.90 Å². The molecule has 1 aliphatic heterocycles. The van der Waals surface area contributed by atoms with Gasteiger partial charge in [-0.25, -0.2) is 0 Å². The maximum atomic E-state index is 13.9. The van der Waals surface area contributed by atoms with Gasteiger partial charge >= 0.3 is 0 Å². The number of methoxy groups -OCH3 is 2. The summed E-state index contributed by atoms with van der Waals surface area (Å²) in [7, 11) is 5.26. The standard InChI is InChI=1S/C40H45NO6/c1-39(2)19-28-37(30(42)21-39)36(38-29(41(28)5)20-40(3,4)22-31(38)43)27-14-16-33(35(18-27)45-7)47-24-26-13-15-32(34(17-26)44-6)46-23-25-11-9-8-10-12-25/h8-18,36H,19-24H2,1-7H3. The third kappa shape index (κ3) is 6.53. The molecular weight excluding hydrogens is 590 g/mol. The minimum Gasteiger partial charge on any atom is -0.493 e. The quantitative estimate of drug-likeness (QED) is 0.235. The Labute approximate surface area is 278 Å². The number of carbonyl (C=O) groups is 2. The van der Waals surface area contributed by atoms with Crippen molar-refractivity contribution in [2.24, 2.45) is 10.8 Å². The molecule has 0 fully saturated rings. The van der Waals surface area contributed by atoms with Gasteiger partial charge in [-0.3, -0.25) is 9.59 Å². The molecule has 47 heavy (non-hydrogen) atoms. The van der Waals surface area contributed by atoms with Crippen molar-refractivity contribution in [3.05, 3.63) is 106 Å². The first-order chi connectivity index (χ1) is 22.4. The minimum atomic E-state index is -0.431. The van der Waals surface area contributed by atoms with Crippen LogP contribution in [0, 0.1) is 10.8 Å². The molecule has 1 heterocycles. The van der Waals surface area contributed by atoms with Crippen LogP contribution in [0.4, 0.5) is 0 Å². The molecule has 0 N–H and O–H groups in total. The van der Waals surface area contributed by atoms with Crippen molar-refractivity contribution in [1.29, 1.82) is 0 Å². The van der Waals surface area contributed by atoms with Crippen LogP contribution in [0.5, 0.6) is 23.0 Å².